The normalized spacial score (nSPS) is 20.4. The Kier molecular flexibility index (Phi) is 4.73. The van der Waals surface area contributed by atoms with E-state index in [1.165, 1.54) is 32.4 Å². The quantitative estimate of drug-likeness (QED) is 0.507. The van der Waals surface area contributed by atoms with Crippen molar-refractivity contribution < 1.29 is 0 Å². The topological polar surface area (TPSA) is 67.6 Å². The first-order chi connectivity index (χ1) is 6.68. The molecule has 0 aromatic rings. The van der Waals surface area contributed by atoms with Crippen LogP contribution < -0.4 is 11.5 Å². The van der Waals surface area contributed by atoms with Gasteiger partial charge in [-0.25, -0.2) is 0 Å². The molecule has 4 heteroatoms. The van der Waals surface area contributed by atoms with E-state index >= 15 is 0 Å². The summed E-state index contributed by atoms with van der Waals surface area (Å²) in [5.41, 5.74) is 10.6. The first kappa shape index (κ1) is 11.3. The summed E-state index contributed by atoms with van der Waals surface area (Å²) in [6, 6.07) is 0. The molecule has 0 aliphatic carbocycles. The van der Waals surface area contributed by atoms with Crippen LogP contribution in [0.25, 0.3) is 0 Å². The lowest BCUT2D eigenvalue weighted by atomic mass is 10.1. The maximum atomic E-state index is 5.29. The molecule has 0 aromatic heterocycles. The second kappa shape index (κ2) is 5.86. The van der Waals surface area contributed by atoms with Crippen LogP contribution in [0, 0.1) is 5.92 Å². The van der Waals surface area contributed by atoms with Gasteiger partial charge in [0.2, 0.25) is 0 Å². The molecule has 0 aromatic carbocycles. The summed E-state index contributed by atoms with van der Waals surface area (Å²) in [7, 11) is 0. The minimum atomic E-state index is 0.204. The Labute approximate surface area is 86.4 Å². The molecule has 82 valence electrons. The molecule has 1 heterocycles. The van der Waals surface area contributed by atoms with Gasteiger partial charge >= 0.3 is 0 Å². The fraction of sp³-hybridized carbons (Fsp3) is 0.900. The molecule has 4 N–H and O–H groups in total. The molecule has 1 rings (SSSR count). The van der Waals surface area contributed by atoms with E-state index < -0.39 is 0 Å². The molecule has 1 saturated heterocycles. The second-order valence-electron chi connectivity index (χ2n) is 4.23. The SMILES string of the molecule is CC(CN=C(N)N)CN1CCCCC1. The summed E-state index contributed by atoms with van der Waals surface area (Å²) in [6.07, 6.45) is 4.07. The van der Waals surface area contributed by atoms with Crippen molar-refractivity contribution >= 4 is 5.96 Å². The molecule has 1 atom stereocenters. The average Bonchev–Trinajstić information content (AvgIpc) is 2.16. The van der Waals surface area contributed by atoms with Crippen LogP contribution >= 0.6 is 0 Å². The molecule has 0 amide bonds. The number of nitrogens with zero attached hydrogens (tertiary/aromatic N) is 2. The van der Waals surface area contributed by atoms with Gasteiger partial charge in [0.25, 0.3) is 0 Å². The van der Waals surface area contributed by atoms with Crippen molar-refractivity contribution in [2.24, 2.45) is 22.4 Å². The number of guanidine groups is 1. The lowest BCUT2D eigenvalue weighted by molar-refractivity contribution is 0.203. The van der Waals surface area contributed by atoms with Crippen LogP contribution in [-0.2, 0) is 0 Å². The maximum Gasteiger partial charge on any atom is 0.185 e. The first-order valence-electron chi connectivity index (χ1n) is 5.46. The predicted octanol–water partition coefficient (Wildman–Crippen LogP) is 0.382. The molecule has 14 heavy (non-hydrogen) atoms. The fourth-order valence-corrected chi connectivity index (χ4v) is 1.90. The Bertz CT molecular complexity index is 181. The Morgan fingerprint density at radius 2 is 1.93 bits per heavy atom. The van der Waals surface area contributed by atoms with Crippen molar-refractivity contribution in [3.8, 4) is 0 Å². The number of nitrogens with two attached hydrogens (primary N) is 2. The van der Waals surface area contributed by atoms with E-state index in [0.717, 1.165) is 13.1 Å². The highest BCUT2D eigenvalue weighted by Gasteiger charge is 2.12. The van der Waals surface area contributed by atoms with Crippen LogP contribution in [0.2, 0.25) is 0 Å². The van der Waals surface area contributed by atoms with Crippen LogP contribution in [0.3, 0.4) is 0 Å². The Hall–Kier alpha value is -0.770. The van der Waals surface area contributed by atoms with Crippen LogP contribution in [0.5, 0.6) is 0 Å². The Balaban J connectivity index is 2.18. The van der Waals surface area contributed by atoms with Crippen LogP contribution in [0.15, 0.2) is 4.99 Å². The van der Waals surface area contributed by atoms with Gasteiger partial charge in [0, 0.05) is 13.1 Å². The van der Waals surface area contributed by atoms with Gasteiger partial charge in [-0.3, -0.25) is 4.99 Å². The third kappa shape index (κ3) is 4.46. The van der Waals surface area contributed by atoms with Gasteiger partial charge < -0.3 is 16.4 Å². The standard InChI is InChI=1S/C10H22N4/c1-9(7-13-10(11)12)8-14-5-3-2-4-6-14/h9H,2-8H2,1H3,(H4,11,12,13). The molecule has 0 saturated carbocycles. The van der Waals surface area contributed by atoms with Gasteiger partial charge in [-0.15, -0.1) is 0 Å². The van der Waals surface area contributed by atoms with E-state index in [4.69, 9.17) is 11.5 Å². The monoisotopic (exact) mass is 198 g/mol. The number of aliphatic imine (C=N–C) groups is 1. The highest BCUT2D eigenvalue weighted by atomic mass is 15.1. The van der Waals surface area contributed by atoms with E-state index in [-0.39, 0.29) is 5.96 Å². The van der Waals surface area contributed by atoms with E-state index in [0.29, 0.717) is 5.92 Å². The third-order valence-corrected chi connectivity index (χ3v) is 2.60. The van der Waals surface area contributed by atoms with Crippen molar-refractivity contribution in [2.75, 3.05) is 26.2 Å². The van der Waals surface area contributed by atoms with Gasteiger partial charge in [0.1, 0.15) is 0 Å². The van der Waals surface area contributed by atoms with E-state index in [1.807, 2.05) is 0 Å². The molecule has 0 spiro atoms. The molecule has 4 nitrogen and oxygen atoms in total. The summed E-state index contributed by atoms with van der Waals surface area (Å²) >= 11 is 0. The number of hydrogen-bond donors (Lipinski definition) is 2. The van der Waals surface area contributed by atoms with Crippen molar-refractivity contribution in [1.82, 2.24) is 4.90 Å². The lowest BCUT2D eigenvalue weighted by Crippen LogP contribution is -2.34. The second-order valence-corrected chi connectivity index (χ2v) is 4.23. The Morgan fingerprint density at radius 3 is 2.50 bits per heavy atom. The molecule has 0 bridgehead atoms. The zero-order valence-electron chi connectivity index (χ0n) is 9.08. The smallest absolute Gasteiger partial charge is 0.185 e. The highest BCUT2D eigenvalue weighted by Crippen LogP contribution is 2.10. The fourth-order valence-electron chi connectivity index (χ4n) is 1.90. The first-order valence-corrected chi connectivity index (χ1v) is 5.46. The molecule has 1 aliphatic heterocycles. The summed E-state index contributed by atoms with van der Waals surface area (Å²) in [6.45, 7) is 6.55. The third-order valence-electron chi connectivity index (χ3n) is 2.60. The molecular weight excluding hydrogens is 176 g/mol. The van der Waals surface area contributed by atoms with Crippen molar-refractivity contribution in [2.45, 2.75) is 26.2 Å². The minimum absolute atomic E-state index is 0.204. The van der Waals surface area contributed by atoms with Gasteiger partial charge in [-0.05, 0) is 31.8 Å². The highest BCUT2D eigenvalue weighted by molar-refractivity contribution is 5.75. The van der Waals surface area contributed by atoms with Crippen molar-refractivity contribution in [3.63, 3.8) is 0 Å². The molecule has 1 aliphatic rings. The predicted molar refractivity (Wildman–Crippen MR) is 60.1 cm³/mol. The zero-order chi connectivity index (χ0) is 10.4. The van der Waals surface area contributed by atoms with Gasteiger partial charge in [0.15, 0.2) is 5.96 Å². The number of rotatable bonds is 4. The molecule has 1 fully saturated rings. The maximum absolute atomic E-state index is 5.29. The van der Waals surface area contributed by atoms with Crippen LogP contribution in [-0.4, -0.2) is 37.0 Å². The van der Waals surface area contributed by atoms with Crippen LogP contribution in [0.1, 0.15) is 26.2 Å². The van der Waals surface area contributed by atoms with Gasteiger partial charge in [-0.1, -0.05) is 13.3 Å². The zero-order valence-corrected chi connectivity index (χ0v) is 9.08. The lowest BCUT2D eigenvalue weighted by Gasteiger charge is -2.28. The minimum Gasteiger partial charge on any atom is -0.370 e. The molecule has 0 radical (unpaired) electrons. The largest absolute Gasteiger partial charge is 0.370 e. The molecular formula is C10H22N4. The van der Waals surface area contributed by atoms with E-state index in [9.17, 15) is 0 Å². The number of likely N-dealkylation sites (tertiary alicyclic amines) is 1. The van der Waals surface area contributed by atoms with Gasteiger partial charge in [0.05, 0.1) is 0 Å². The van der Waals surface area contributed by atoms with E-state index in [1.54, 1.807) is 0 Å². The van der Waals surface area contributed by atoms with Crippen molar-refractivity contribution in [1.29, 1.82) is 0 Å². The number of piperidine rings is 1. The summed E-state index contributed by atoms with van der Waals surface area (Å²) in [5, 5.41) is 0. The van der Waals surface area contributed by atoms with Gasteiger partial charge in [-0.2, -0.15) is 0 Å². The summed E-state index contributed by atoms with van der Waals surface area (Å²) in [5.74, 6) is 0.755. The molecule has 1 unspecified atom stereocenters. The van der Waals surface area contributed by atoms with Crippen LogP contribution in [0.4, 0.5) is 0 Å². The van der Waals surface area contributed by atoms with Crippen molar-refractivity contribution in [3.05, 3.63) is 0 Å². The number of hydrogen-bond acceptors (Lipinski definition) is 2. The van der Waals surface area contributed by atoms with E-state index in [2.05, 4.69) is 16.8 Å². The summed E-state index contributed by atoms with van der Waals surface area (Å²) < 4.78 is 0. The Morgan fingerprint density at radius 1 is 1.29 bits per heavy atom. The summed E-state index contributed by atoms with van der Waals surface area (Å²) in [4.78, 5) is 6.55. The average molecular weight is 198 g/mol.